The number of cyclic esters (lactones) is 1. The molecule has 4 nitrogen and oxygen atoms in total. The van der Waals surface area contributed by atoms with Crippen LogP contribution in [0.25, 0.3) is 0 Å². The van der Waals surface area contributed by atoms with Gasteiger partial charge in [-0.25, -0.2) is 4.79 Å². The van der Waals surface area contributed by atoms with Crippen molar-refractivity contribution in [3.8, 4) is 0 Å². The van der Waals surface area contributed by atoms with E-state index in [0.717, 1.165) is 17.7 Å². The first-order valence-corrected chi connectivity index (χ1v) is 8.07. The fourth-order valence-electron chi connectivity index (χ4n) is 2.78. The zero-order valence-electron chi connectivity index (χ0n) is 13.7. The molecule has 1 aliphatic heterocycles. The predicted molar refractivity (Wildman–Crippen MR) is 87.5 cm³/mol. The fraction of sp³-hybridized carbons (Fsp3) is 0.263. The Kier molecular flexibility index (Phi) is 4.97. The third-order valence-electron chi connectivity index (χ3n) is 4.18. The Hall–Kier alpha value is -2.83. The zero-order valence-corrected chi connectivity index (χ0v) is 13.7. The van der Waals surface area contributed by atoms with Crippen molar-refractivity contribution in [2.24, 2.45) is 0 Å². The van der Waals surface area contributed by atoms with Crippen LogP contribution in [0.3, 0.4) is 0 Å². The van der Waals surface area contributed by atoms with Crippen molar-refractivity contribution in [2.75, 3.05) is 6.54 Å². The first-order chi connectivity index (χ1) is 12.3. The van der Waals surface area contributed by atoms with E-state index in [1.807, 2.05) is 0 Å². The van der Waals surface area contributed by atoms with Gasteiger partial charge in [0.1, 0.15) is 0 Å². The lowest BCUT2D eigenvalue weighted by Gasteiger charge is -2.23. The molecule has 26 heavy (non-hydrogen) atoms. The molecule has 0 radical (unpaired) electrons. The van der Waals surface area contributed by atoms with Gasteiger partial charge in [-0.3, -0.25) is 4.79 Å². The summed E-state index contributed by atoms with van der Waals surface area (Å²) in [6, 6.07) is 11.7. The Balaban J connectivity index is 1.53. The molecule has 0 aromatic heterocycles. The highest BCUT2D eigenvalue weighted by Crippen LogP contribution is 2.29. The van der Waals surface area contributed by atoms with E-state index in [0.29, 0.717) is 24.0 Å². The molecule has 0 unspecified atom stereocenters. The average Bonchev–Trinajstić information content (AvgIpc) is 2.61. The molecule has 0 saturated heterocycles. The van der Waals surface area contributed by atoms with E-state index < -0.39 is 29.7 Å². The first kappa shape index (κ1) is 18.0. The number of nitrogens with one attached hydrogen (secondary N) is 1. The summed E-state index contributed by atoms with van der Waals surface area (Å²) in [6.45, 7) is 0.236. The summed E-state index contributed by atoms with van der Waals surface area (Å²) in [5.74, 6) is -0.950. The van der Waals surface area contributed by atoms with Crippen LogP contribution in [0.2, 0.25) is 0 Å². The molecule has 1 N–H and O–H groups in total. The molecule has 0 bridgehead atoms. The number of hydrogen-bond acceptors (Lipinski definition) is 3. The molecular weight excluding hydrogens is 347 g/mol. The normalized spacial score (nSPS) is 16.6. The standard InChI is InChI=1S/C19H16F3NO3/c20-19(21,22)14-7-5-12(6-8-14)9-10-23-17(24)16-11-13-3-1-2-4-15(13)18(25)26-16/h1-8,16H,9-11H2,(H,23,24)/t16-/m1/s1. The van der Waals surface area contributed by atoms with E-state index in [-0.39, 0.29) is 6.54 Å². The number of benzene rings is 2. The van der Waals surface area contributed by atoms with Crippen LogP contribution < -0.4 is 5.32 Å². The molecule has 0 fully saturated rings. The van der Waals surface area contributed by atoms with Crippen molar-refractivity contribution in [3.05, 3.63) is 70.8 Å². The Morgan fingerprint density at radius 1 is 1.12 bits per heavy atom. The molecule has 136 valence electrons. The van der Waals surface area contributed by atoms with Crippen LogP contribution >= 0.6 is 0 Å². The van der Waals surface area contributed by atoms with E-state index >= 15 is 0 Å². The average molecular weight is 363 g/mol. The largest absolute Gasteiger partial charge is 0.448 e. The molecule has 2 aromatic rings. The monoisotopic (exact) mass is 363 g/mol. The summed E-state index contributed by atoms with van der Waals surface area (Å²) < 4.78 is 42.7. The summed E-state index contributed by atoms with van der Waals surface area (Å²) in [6.07, 6.45) is -4.59. The lowest BCUT2D eigenvalue weighted by Crippen LogP contribution is -2.42. The number of hydrogen-bond donors (Lipinski definition) is 1. The van der Waals surface area contributed by atoms with Crippen LogP contribution in [-0.4, -0.2) is 24.5 Å². The fourth-order valence-corrected chi connectivity index (χ4v) is 2.78. The summed E-state index contributed by atoms with van der Waals surface area (Å²) in [5, 5.41) is 2.66. The van der Waals surface area contributed by atoms with Gasteiger partial charge in [0.2, 0.25) is 0 Å². The molecule has 0 spiro atoms. The maximum atomic E-state index is 12.5. The second-order valence-electron chi connectivity index (χ2n) is 5.99. The van der Waals surface area contributed by atoms with Gasteiger partial charge in [-0.2, -0.15) is 13.2 Å². The minimum absolute atomic E-state index is 0.236. The van der Waals surface area contributed by atoms with E-state index in [4.69, 9.17) is 4.74 Å². The SMILES string of the molecule is O=C1O[C@@H](C(=O)NCCc2ccc(C(F)(F)F)cc2)Cc2ccccc21. The van der Waals surface area contributed by atoms with E-state index in [2.05, 4.69) is 5.32 Å². The van der Waals surface area contributed by atoms with E-state index in [1.165, 1.54) is 12.1 Å². The molecule has 3 rings (SSSR count). The smallest absolute Gasteiger partial charge is 0.416 e. The van der Waals surface area contributed by atoms with Gasteiger partial charge < -0.3 is 10.1 Å². The van der Waals surface area contributed by atoms with Crippen LogP contribution in [0.15, 0.2) is 48.5 Å². The van der Waals surface area contributed by atoms with Crippen LogP contribution in [0.5, 0.6) is 0 Å². The van der Waals surface area contributed by atoms with Gasteiger partial charge >= 0.3 is 12.1 Å². The third-order valence-corrected chi connectivity index (χ3v) is 4.18. The van der Waals surface area contributed by atoms with Crippen molar-refractivity contribution in [2.45, 2.75) is 25.1 Å². The second-order valence-corrected chi connectivity index (χ2v) is 5.99. The van der Waals surface area contributed by atoms with Crippen molar-refractivity contribution < 1.29 is 27.5 Å². The highest BCUT2D eigenvalue weighted by Gasteiger charge is 2.31. The number of fused-ring (bicyclic) bond motifs is 1. The third kappa shape index (κ3) is 4.04. The van der Waals surface area contributed by atoms with Crippen molar-refractivity contribution in [3.63, 3.8) is 0 Å². The molecular formula is C19H16F3NO3. The number of esters is 1. The number of alkyl halides is 3. The number of rotatable bonds is 4. The number of halogens is 3. The minimum Gasteiger partial charge on any atom is -0.448 e. The molecule has 1 atom stereocenters. The number of carbonyl (C=O) groups is 2. The van der Waals surface area contributed by atoms with Gasteiger partial charge in [-0.1, -0.05) is 30.3 Å². The van der Waals surface area contributed by atoms with Crippen LogP contribution in [0.4, 0.5) is 13.2 Å². The van der Waals surface area contributed by atoms with Gasteiger partial charge in [0.25, 0.3) is 5.91 Å². The zero-order chi connectivity index (χ0) is 18.7. The summed E-state index contributed by atoms with van der Waals surface area (Å²) in [5.41, 5.74) is 1.18. The Morgan fingerprint density at radius 2 is 1.81 bits per heavy atom. The summed E-state index contributed by atoms with van der Waals surface area (Å²) in [7, 11) is 0. The minimum atomic E-state index is -4.37. The van der Waals surface area contributed by atoms with Crippen molar-refractivity contribution in [1.29, 1.82) is 0 Å². The molecule has 1 heterocycles. The van der Waals surface area contributed by atoms with Gasteiger partial charge in [0.15, 0.2) is 6.10 Å². The highest BCUT2D eigenvalue weighted by molar-refractivity contribution is 5.95. The molecule has 1 aliphatic rings. The van der Waals surface area contributed by atoms with Gasteiger partial charge in [0.05, 0.1) is 11.1 Å². The first-order valence-electron chi connectivity index (χ1n) is 8.07. The molecule has 0 saturated carbocycles. The van der Waals surface area contributed by atoms with Crippen molar-refractivity contribution in [1.82, 2.24) is 5.32 Å². The maximum absolute atomic E-state index is 12.5. The lowest BCUT2D eigenvalue weighted by molar-refractivity contribution is -0.137. The molecule has 1 amide bonds. The van der Waals surface area contributed by atoms with Crippen LogP contribution in [0.1, 0.15) is 27.0 Å². The number of amides is 1. The summed E-state index contributed by atoms with van der Waals surface area (Å²) >= 11 is 0. The van der Waals surface area contributed by atoms with Crippen LogP contribution in [0, 0.1) is 0 Å². The summed E-state index contributed by atoms with van der Waals surface area (Å²) in [4.78, 5) is 24.1. The lowest BCUT2D eigenvalue weighted by atomic mass is 9.98. The van der Waals surface area contributed by atoms with E-state index in [1.54, 1.807) is 24.3 Å². The quantitative estimate of drug-likeness (QED) is 0.849. The number of ether oxygens (including phenoxy) is 1. The molecule has 2 aromatic carbocycles. The molecule has 0 aliphatic carbocycles. The van der Waals surface area contributed by atoms with Gasteiger partial charge in [-0.15, -0.1) is 0 Å². The molecule has 7 heteroatoms. The second kappa shape index (κ2) is 7.19. The topological polar surface area (TPSA) is 55.4 Å². The van der Waals surface area contributed by atoms with Gasteiger partial charge in [0, 0.05) is 13.0 Å². The number of carbonyl (C=O) groups excluding carboxylic acids is 2. The van der Waals surface area contributed by atoms with Gasteiger partial charge in [-0.05, 0) is 35.7 Å². The maximum Gasteiger partial charge on any atom is 0.416 e. The van der Waals surface area contributed by atoms with E-state index in [9.17, 15) is 22.8 Å². The Labute approximate surface area is 148 Å². The van der Waals surface area contributed by atoms with Crippen molar-refractivity contribution >= 4 is 11.9 Å². The Morgan fingerprint density at radius 3 is 2.50 bits per heavy atom. The predicted octanol–water partition coefficient (Wildman–Crippen LogP) is 3.15. The Bertz CT molecular complexity index is 816. The van der Waals surface area contributed by atoms with Crippen LogP contribution in [-0.2, 0) is 28.5 Å². The highest BCUT2D eigenvalue weighted by atomic mass is 19.4.